The lowest BCUT2D eigenvalue weighted by molar-refractivity contribution is -0.155. The highest BCUT2D eigenvalue weighted by Gasteiger charge is 2.41. The van der Waals surface area contributed by atoms with Crippen LogP contribution in [0.15, 0.2) is 42.5 Å². The Balaban J connectivity index is 1.54. The number of benzene rings is 2. The Bertz CT molecular complexity index is 1100. The lowest BCUT2D eigenvalue weighted by Crippen LogP contribution is -2.58. The van der Waals surface area contributed by atoms with Gasteiger partial charge in [0, 0.05) is 24.4 Å². The Morgan fingerprint density at radius 3 is 2.50 bits per heavy atom. The number of carbonyl (C=O) groups excluding carboxylic acids is 3. The van der Waals surface area contributed by atoms with Gasteiger partial charge in [0.2, 0.25) is 11.8 Å². The van der Waals surface area contributed by atoms with Crippen LogP contribution >= 0.6 is 11.6 Å². The molecule has 2 atom stereocenters. The number of phenols is 1. The molecule has 1 aliphatic carbocycles. The number of aryl methyl sites for hydroxylation is 1. The number of halogens is 1. The molecule has 1 fully saturated rings. The molecule has 2 amide bonds. The van der Waals surface area contributed by atoms with Crippen LogP contribution in [0.25, 0.3) is 0 Å². The number of aromatic hydroxyl groups is 1. The van der Waals surface area contributed by atoms with Crippen molar-refractivity contribution in [1.82, 2.24) is 10.2 Å². The van der Waals surface area contributed by atoms with Crippen molar-refractivity contribution >= 4 is 29.4 Å². The molecular formula is C28H33ClN2O5. The average molecular weight is 513 g/mol. The number of phenolic OH excluding ortho intramolecular Hbond substituents is 1. The van der Waals surface area contributed by atoms with Crippen molar-refractivity contribution in [2.45, 2.75) is 70.0 Å². The Hall–Kier alpha value is -3.06. The summed E-state index contributed by atoms with van der Waals surface area (Å²) in [6.45, 7) is 0.173. The maximum absolute atomic E-state index is 14.0. The highest BCUT2D eigenvalue weighted by Crippen LogP contribution is 2.31. The highest BCUT2D eigenvalue weighted by molar-refractivity contribution is 6.30. The van der Waals surface area contributed by atoms with Gasteiger partial charge in [-0.1, -0.05) is 49.1 Å². The molecule has 2 aromatic carbocycles. The number of carbonyl (C=O) groups is 3. The van der Waals surface area contributed by atoms with Crippen LogP contribution in [0.3, 0.4) is 0 Å². The van der Waals surface area contributed by atoms with Gasteiger partial charge < -0.3 is 20.1 Å². The van der Waals surface area contributed by atoms with Gasteiger partial charge in [-0.2, -0.15) is 0 Å². The number of rotatable bonds is 7. The van der Waals surface area contributed by atoms with Crippen molar-refractivity contribution in [2.75, 3.05) is 7.11 Å². The van der Waals surface area contributed by atoms with Crippen molar-refractivity contribution in [3.63, 3.8) is 0 Å². The molecule has 2 unspecified atom stereocenters. The largest absolute Gasteiger partial charge is 0.508 e. The second kappa shape index (κ2) is 11.8. The number of amides is 2. The molecule has 2 N–H and O–H groups in total. The van der Waals surface area contributed by atoms with E-state index in [9.17, 15) is 19.5 Å². The van der Waals surface area contributed by atoms with Gasteiger partial charge in [0.15, 0.2) is 0 Å². The van der Waals surface area contributed by atoms with Gasteiger partial charge in [-0.25, -0.2) is 4.79 Å². The second-order valence-electron chi connectivity index (χ2n) is 9.73. The topological polar surface area (TPSA) is 95.9 Å². The Kier molecular flexibility index (Phi) is 8.52. The predicted molar refractivity (Wildman–Crippen MR) is 136 cm³/mol. The summed E-state index contributed by atoms with van der Waals surface area (Å²) in [7, 11) is 1.31. The van der Waals surface area contributed by atoms with Crippen molar-refractivity contribution in [2.24, 2.45) is 5.92 Å². The quantitative estimate of drug-likeness (QED) is 0.543. The van der Waals surface area contributed by atoms with Gasteiger partial charge in [-0.3, -0.25) is 9.59 Å². The summed E-state index contributed by atoms with van der Waals surface area (Å²) < 4.78 is 5.03. The molecule has 1 saturated carbocycles. The SMILES string of the molecule is COC(=O)C1Cc2ccc(O)cc2CN1C(=O)C(NC(=O)CCc1ccc(Cl)cc1)C1CCCCC1. The minimum atomic E-state index is -0.781. The summed E-state index contributed by atoms with van der Waals surface area (Å²) in [5.41, 5.74) is 2.68. The fourth-order valence-electron chi connectivity index (χ4n) is 5.33. The number of methoxy groups -OCH3 is 1. The third-order valence-electron chi connectivity index (χ3n) is 7.33. The van der Waals surface area contributed by atoms with Crippen molar-refractivity contribution in [3.05, 3.63) is 64.2 Å². The minimum Gasteiger partial charge on any atom is -0.508 e. The number of nitrogens with zero attached hydrogens (tertiary/aromatic N) is 1. The first-order valence-corrected chi connectivity index (χ1v) is 13.0. The monoisotopic (exact) mass is 512 g/mol. The van der Waals surface area contributed by atoms with E-state index in [1.165, 1.54) is 12.0 Å². The van der Waals surface area contributed by atoms with E-state index in [1.807, 2.05) is 12.1 Å². The molecule has 0 spiro atoms. The predicted octanol–water partition coefficient (Wildman–Crippen LogP) is 4.17. The summed E-state index contributed by atoms with van der Waals surface area (Å²) in [6, 6.07) is 10.9. The van der Waals surface area contributed by atoms with E-state index < -0.39 is 18.1 Å². The van der Waals surface area contributed by atoms with E-state index in [0.29, 0.717) is 17.9 Å². The molecule has 8 heteroatoms. The Labute approximate surface area is 216 Å². The average Bonchev–Trinajstić information content (AvgIpc) is 2.90. The van der Waals surface area contributed by atoms with E-state index in [0.717, 1.165) is 48.8 Å². The fourth-order valence-corrected chi connectivity index (χ4v) is 5.46. The first-order valence-electron chi connectivity index (χ1n) is 12.6. The number of esters is 1. The van der Waals surface area contributed by atoms with Crippen molar-refractivity contribution < 1.29 is 24.2 Å². The van der Waals surface area contributed by atoms with Crippen LogP contribution < -0.4 is 5.32 Å². The molecular weight excluding hydrogens is 480 g/mol. The van der Waals surface area contributed by atoms with Gasteiger partial charge in [0.05, 0.1) is 7.11 Å². The Morgan fingerprint density at radius 2 is 1.81 bits per heavy atom. The maximum Gasteiger partial charge on any atom is 0.328 e. The fraction of sp³-hybridized carbons (Fsp3) is 0.464. The highest BCUT2D eigenvalue weighted by atomic mass is 35.5. The molecule has 1 aliphatic heterocycles. The molecule has 2 aromatic rings. The molecule has 36 heavy (non-hydrogen) atoms. The van der Waals surface area contributed by atoms with Crippen molar-refractivity contribution in [1.29, 1.82) is 0 Å². The van der Waals surface area contributed by atoms with E-state index in [1.54, 1.807) is 30.3 Å². The van der Waals surface area contributed by atoms with Gasteiger partial charge >= 0.3 is 5.97 Å². The minimum absolute atomic E-state index is 0.00889. The van der Waals surface area contributed by atoms with Crippen molar-refractivity contribution in [3.8, 4) is 5.75 Å². The maximum atomic E-state index is 14.0. The summed E-state index contributed by atoms with van der Waals surface area (Å²) in [5.74, 6) is -0.838. The number of fused-ring (bicyclic) bond motifs is 1. The van der Waals surface area contributed by atoms with E-state index in [2.05, 4.69) is 5.32 Å². The number of hydrogen-bond acceptors (Lipinski definition) is 5. The van der Waals surface area contributed by atoms with Gasteiger partial charge in [0.1, 0.15) is 17.8 Å². The zero-order valence-electron chi connectivity index (χ0n) is 20.5. The molecule has 0 saturated heterocycles. The van der Waals surface area contributed by atoms with Gasteiger partial charge in [0.25, 0.3) is 0 Å². The summed E-state index contributed by atoms with van der Waals surface area (Å²) in [5, 5.41) is 13.6. The molecule has 0 bridgehead atoms. The van der Waals surface area contributed by atoms with E-state index >= 15 is 0 Å². The third kappa shape index (κ3) is 6.19. The summed E-state index contributed by atoms with van der Waals surface area (Å²) in [4.78, 5) is 41.2. The normalized spacial score (nSPS) is 18.7. The molecule has 192 valence electrons. The molecule has 0 aromatic heterocycles. The van der Waals surface area contributed by atoms with Crippen LogP contribution in [0, 0.1) is 5.92 Å². The zero-order chi connectivity index (χ0) is 25.7. The number of hydrogen-bond donors (Lipinski definition) is 2. The summed E-state index contributed by atoms with van der Waals surface area (Å²) in [6.07, 6.45) is 5.91. The summed E-state index contributed by atoms with van der Waals surface area (Å²) >= 11 is 5.95. The first kappa shape index (κ1) is 26.0. The molecule has 2 aliphatic rings. The second-order valence-corrected chi connectivity index (χ2v) is 10.2. The zero-order valence-corrected chi connectivity index (χ0v) is 21.3. The van der Waals surface area contributed by atoms with E-state index in [-0.39, 0.29) is 36.4 Å². The third-order valence-corrected chi connectivity index (χ3v) is 7.59. The molecule has 1 heterocycles. The standard InChI is InChI=1S/C28H33ClN2O5/c1-36-28(35)24-16-20-10-13-23(32)15-21(20)17-31(24)27(34)26(19-5-3-2-4-6-19)30-25(33)14-9-18-7-11-22(29)12-8-18/h7-8,10-13,15,19,24,26,32H,2-6,9,14,16-17H2,1H3,(H,30,33). The lowest BCUT2D eigenvalue weighted by Gasteiger charge is -2.39. The van der Waals surface area contributed by atoms with E-state index in [4.69, 9.17) is 16.3 Å². The van der Waals surface area contributed by atoms with Crippen LogP contribution in [0.2, 0.25) is 5.02 Å². The molecule has 4 rings (SSSR count). The smallest absolute Gasteiger partial charge is 0.328 e. The first-order chi connectivity index (χ1) is 17.4. The van der Waals surface area contributed by atoms with Crippen LogP contribution in [0.1, 0.15) is 55.2 Å². The Morgan fingerprint density at radius 1 is 1.08 bits per heavy atom. The lowest BCUT2D eigenvalue weighted by atomic mass is 9.82. The van der Waals surface area contributed by atoms with Gasteiger partial charge in [-0.05, 0) is 66.1 Å². The van der Waals surface area contributed by atoms with Crippen LogP contribution in [0.5, 0.6) is 5.75 Å². The number of nitrogens with one attached hydrogen (secondary N) is 1. The van der Waals surface area contributed by atoms with Gasteiger partial charge in [-0.15, -0.1) is 0 Å². The molecule has 0 radical (unpaired) electrons. The van der Waals surface area contributed by atoms with Crippen LogP contribution in [0.4, 0.5) is 0 Å². The number of ether oxygens (including phenoxy) is 1. The van der Waals surface area contributed by atoms with Crippen LogP contribution in [-0.4, -0.2) is 47.0 Å². The molecule has 7 nitrogen and oxygen atoms in total. The van der Waals surface area contributed by atoms with Crippen LogP contribution in [-0.2, 0) is 38.5 Å².